The third kappa shape index (κ3) is 3.95. The third-order valence-electron chi connectivity index (χ3n) is 3.49. The van der Waals surface area contributed by atoms with Gasteiger partial charge in [-0.1, -0.05) is 41.4 Å². The molecule has 0 aliphatic carbocycles. The lowest BCUT2D eigenvalue weighted by Crippen LogP contribution is -2.33. The summed E-state index contributed by atoms with van der Waals surface area (Å²) in [7, 11) is 1.62. The molecule has 3 rings (SSSR count). The third-order valence-corrected chi connectivity index (χ3v) is 5.20. The van der Waals surface area contributed by atoms with E-state index in [1.807, 2.05) is 11.4 Å². The second-order valence-corrected chi connectivity index (χ2v) is 7.00. The van der Waals surface area contributed by atoms with Gasteiger partial charge in [-0.15, -0.1) is 16.4 Å². The van der Waals surface area contributed by atoms with Gasteiger partial charge in [-0.25, -0.2) is 4.79 Å². The fourth-order valence-electron chi connectivity index (χ4n) is 2.17. The first-order chi connectivity index (χ1) is 12.0. The number of hydrogen-bond donors (Lipinski definition) is 0. The topological polar surface area (TPSA) is 68.3 Å². The van der Waals surface area contributed by atoms with Crippen molar-refractivity contribution in [1.82, 2.24) is 14.7 Å². The Labute approximate surface area is 157 Å². The molecule has 1 aromatic carbocycles. The Morgan fingerprint density at radius 2 is 2.12 bits per heavy atom. The molecule has 0 saturated carbocycles. The van der Waals surface area contributed by atoms with Crippen LogP contribution in [0.5, 0.6) is 0 Å². The summed E-state index contributed by atoms with van der Waals surface area (Å²) in [5.74, 6) is -0.775. The molecule has 1 amide bonds. The highest BCUT2D eigenvalue weighted by Crippen LogP contribution is 2.26. The lowest BCUT2D eigenvalue weighted by Gasteiger charge is -2.18. The van der Waals surface area contributed by atoms with E-state index in [0.717, 1.165) is 15.1 Å². The maximum Gasteiger partial charge on any atom is 0.437 e. The number of likely N-dealkylation sites (N-methyl/N-ethyl adjacent to an activating group) is 1. The summed E-state index contributed by atoms with van der Waals surface area (Å²) in [6.45, 7) is 0.0466. The van der Waals surface area contributed by atoms with E-state index in [9.17, 15) is 9.59 Å². The summed E-state index contributed by atoms with van der Waals surface area (Å²) in [6.07, 6.45) is 0. The van der Waals surface area contributed by atoms with Gasteiger partial charge in [0.05, 0.1) is 14.9 Å². The molecular weight excluding hydrogens is 385 g/mol. The highest BCUT2D eigenvalue weighted by atomic mass is 35.5. The van der Waals surface area contributed by atoms with Crippen molar-refractivity contribution < 1.29 is 9.21 Å². The Hall–Kier alpha value is -2.09. The minimum atomic E-state index is -0.675. The first-order valence-electron chi connectivity index (χ1n) is 7.24. The standard InChI is InChI=1S/C16H13Cl2N3O3S/c1-20(8-10-4-2-5-11(17)14(10)18)13(22)9-21-16(23)24-15(19-21)12-6-3-7-25-12/h2-7H,8-9H2,1H3. The molecule has 0 aliphatic rings. The molecule has 0 fully saturated rings. The Balaban J connectivity index is 1.72. The molecule has 9 heteroatoms. The van der Waals surface area contributed by atoms with E-state index in [-0.39, 0.29) is 24.9 Å². The number of carbonyl (C=O) groups excluding carboxylic acids is 1. The van der Waals surface area contributed by atoms with Gasteiger partial charge in [0, 0.05) is 13.6 Å². The Morgan fingerprint density at radius 1 is 1.32 bits per heavy atom. The predicted octanol–water partition coefficient (Wildman–Crippen LogP) is 3.53. The number of carbonyl (C=O) groups is 1. The summed E-state index contributed by atoms with van der Waals surface area (Å²) >= 11 is 13.5. The monoisotopic (exact) mass is 397 g/mol. The molecular formula is C16H13Cl2N3O3S. The van der Waals surface area contributed by atoms with Gasteiger partial charge in [-0.05, 0) is 23.1 Å². The van der Waals surface area contributed by atoms with Crippen LogP contribution in [-0.2, 0) is 17.9 Å². The lowest BCUT2D eigenvalue weighted by molar-refractivity contribution is -0.131. The maximum atomic E-state index is 12.4. The second kappa shape index (κ2) is 7.43. The highest BCUT2D eigenvalue weighted by molar-refractivity contribution is 7.13. The van der Waals surface area contributed by atoms with Crippen molar-refractivity contribution in [2.75, 3.05) is 7.05 Å². The van der Waals surface area contributed by atoms with Gasteiger partial charge in [-0.2, -0.15) is 4.68 Å². The first-order valence-corrected chi connectivity index (χ1v) is 8.88. The number of aromatic nitrogens is 2. The molecule has 0 unspecified atom stereocenters. The van der Waals surface area contributed by atoms with Crippen molar-refractivity contribution in [3.8, 4) is 10.8 Å². The van der Waals surface area contributed by atoms with Crippen LogP contribution < -0.4 is 5.76 Å². The summed E-state index contributed by atoms with van der Waals surface area (Å²) in [6, 6.07) is 8.84. The molecule has 2 aromatic heterocycles. The number of amides is 1. The molecule has 25 heavy (non-hydrogen) atoms. The second-order valence-electron chi connectivity index (χ2n) is 5.27. The van der Waals surface area contributed by atoms with E-state index in [0.29, 0.717) is 10.0 Å². The van der Waals surface area contributed by atoms with Crippen molar-refractivity contribution in [2.45, 2.75) is 13.1 Å². The molecule has 130 valence electrons. The molecule has 0 spiro atoms. The van der Waals surface area contributed by atoms with Crippen LogP contribution in [0.3, 0.4) is 0 Å². The molecule has 0 radical (unpaired) electrons. The first kappa shape index (κ1) is 17.7. The maximum absolute atomic E-state index is 12.4. The Bertz CT molecular complexity index is 950. The van der Waals surface area contributed by atoms with E-state index < -0.39 is 5.76 Å². The predicted molar refractivity (Wildman–Crippen MR) is 97.0 cm³/mol. The van der Waals surface area contributed by atoms with Crippen LogP contribution in [0.4, 0.5) is 0 Å². The normalized spacial score (nSPS) is 10.8. The zero-order valence-electron chi connectivity index (χ0n) is 13.1. The lowest BCUT2D eigenvalue weighted by atomic mass is 10.2. The van der Waals surface area contributed by atoms with E-state index in [1.165, 1.54) is 16.2 Å². The van der Waals surface area contributed by atoms with E-state index >= 15 is 0 Å². The van der Waals surface area contributed by atoms with Gasteiger partial charge in [0.25, 0.3) is 5.89 Å². The van der Waals surface area contributed by atoms with E-state index in [2.05, 4.69) is 5.10 Å². The van der Waals surface area contributed by atoms with Crippen LogP contribution in [0.2, 0.25) is 10.0 Å². The molecule has 6 nitrogen and oxygen atoms in total. The average Bonchev–Trinajstić information content (AvgIpc) is 3.22. The molecule has 3 aromatic rings. The van der Waals surface area contributed by atoms with E-state index in [1.54, 1.807) is 31.3 Å². The fraction of sp³-hybridized carbons (Fsp3) is 0.188. The van der Waals surface area contributed by atoms with Crippen LogP contribution in [0.1, 0.15) is 5.56 Å². The van der Waals surface area contributed by atoms with Crippen molar-refractivity contribution in [2.24, 2.45) is 0 Å². The molecule has 0 saturated heterocycles. The van der Waals surface area contributed by atoms with Gasteiger partial charge in [0.1, 0.15) is 6.54 Å². The Kier molecular flexibility index (Phi) is 5.27. The summed E-state index contributed by atoms with van der Waals surface area (Å²) < 4.78 is 6.10. The highest BCUT2D eigenvalue weighted by Gasteiger charge is 2.17. The smallest absolute Gasteiger partial charge is 0.387 e. The Morgan fingerprint density at radius 3 is 2.84 bits per heavy atom. The number of halogens is 2. The zero-order valence-corrected chi connectivity index (χ0v) is 15.4. The number of hydrogen-bond acceptors (Lipinski definition) is 5. The number of nitrogens with zero attached hydrogens (tertiary/aromatic N) is 3. The fourth-order valence-corrected chi connectivity index (χ4v) is 3.19. The van der Waals surface area contributed by atoms with Crippen molar-refractivity contribution >= 4 is 40.4 Å². The largest absolute Gasteiger partial charge is 0.437 e. The van der Waals surface area contributed by atoms with Gasteiger partial charge < -0.3 is 9.32 Å². The number of rotatable bonds is 5. The average molecular weight is 398 g/mol. The van der Waals surface area contributed by atoms with Crippen LogP contribution >= 0.6 is 34.5 Å². The minimum absolute atomic E-state index is 0.202. The molecule has 0 aliphatic heterocycles. The molecule has 0 atom stereocenters. The zero-order chi connectivity index (χ0) is 18.0. The van der Waals surface area contributed by atoms with Gasteiger partial charge in [0.15, 0.2) is 0 Å². The van der Waals surface area contributed by atoms with Gasteiger partial charge >= 0.3 is 5.76 Å². The van der Waals surface area contributed by atoms with E-state index in [4.69, 9.17) is 27.6 Å². The van der Waals surface area contributed by atoms with Gasteiger partial charge in [0.2, 0.25) is 5.91 Å². The van der Waals surface area contributed by atoms with Gasteiger partial charge in [-0.3, -0.25) is 4.79 Å². The number of thiophene rings is 1. The van der Waals surface area contributed by atoms with Crippen LogP contribution in [0.15, 0.2) is 44.9 Å². The quantitative estimate of drug-likeness (QED) is 0.660. The number of benzene rings is 1. The summed E-state index contributed by atoms with van der Waals surface area (Å²) in [5.41, 5.74) is 0.719. The van der Waals surface area contributed by atoms with Crippen molar-refractivity contribution in [3.05, 3.63) is 61.9 Å². The summed E-state index contributed by atoms with van der Waals surface area (Å²) in [4.78, 5) is 26.4. The van der Waals surface area contributed by atoms with Crippen molar-refractivity contribution in [1.29, 1.82) is 0 Å². The minimum Gasteiger partial charge on any atom is -0.387 e. The SMILES string of the molecule is CN(Cc1cccc(Cl)c1Cl)C(=O)Cn1nc(-c2cccs2)oc1=O. The van der Waals surface area contributed by atoms with Crippen LogP contribution in [0, 0.1) is 0 Å². The van der Waals surface area contributed by atoms with Crippen molar-refractivity contribution in [3.63, 3.8) is 0 Å². The van der Waals surface area contributed by atoms with Crippen LogP contribution in [0.25, 0.3) is 10.8 Å². The molecule has 2 heterocycles. The summed E-state index contributed by atoms with van der Waals surface area (Å²) in [5, 5.41) is 6.75. The molecule has 0 N–H and O–H groups in total. The molecule has 0 bridgehead atoms. The van der Waals surface area contributed by atoms with Crippen LogP contribution in [-0.4, -0.2) is 27.6 Å².